The summed E-state index contributed by atoms with van der Waals surface area (Å²) >= 11 is 0. The molecule has 2 heterocycles. The van der Waals surface area contributed by atoms with E-state index in [2.05, 4.69) is 15.6 Å². The predicted molar refractivity (Wildman–Crippen MR) is 80.2 cm³/mol. The van der Waals surface area contributed by atoms with Crippen molar-refractivity contribution in [3.8, 4) is 0 Å². The normalized spacial score (nSPS) is 18.9. The van der Waals surface area contributed by atoms with Crippen LogP contribution in [0.2, 0.25) is 0 Å². The van der Waals surface area contributed by atoms with Crippen molar-refractivity contribution in [1.82, 2.24) is 10.6 Å². The summed E-state index contributed by atoms with van der Waals surface area (Å²) < 4.78 is 22.8. The van der Waals surface area contributed by atoms with Crippen molar-refractivity contribution in [1.29, 1.82) is 0 Å². The van der Waals surface area contributed by atoms with Crippen LogP contribution in [-0.4, -0.2) is 45.5 Å². The van der Waals surface area contributed by atoms with Crippen molar-refractivity contribution >= 4 is 5.96 Å². The van der Waals surface area contributed by atoms with E-state index in [0.29, 0.717) is 18.9 Å². The molecule has 1 aromatic heterocycles. The molecule has 118 valence electrons. The topological polar surface area (TPSA) is 58.8 Å². The molecule has 1 fully saturated rings. The van der Waals surface area contributed by atoms with Crippen LogP contribution in [0.25, 0.3) is 0 Å². The van der Waals surface area contributed by atoms with E-state index in [1.807, 2.05) is 12.1 Å². The molecule has 0 aromatic carbocycles. The largest absolute Gasteiger partial charge is 0.469 e. The van der Waals surface area contributed by atoms with Crippen LogP contribution in [0.3, 0.4) is 0 Å². The molecule has 6 heteroatoms. The van der Waals surface area contributed by atoms with Gasteiger partial charge in [-0.15, -0.1) is 0 Å². The van der Waals surface area contributed by atoms with Crippen LogP contribution in [0.15, 0.2) is 27.8 Å². The first-order valence-electron chi connectivity index (χ1n) is 7.57. The average Bonchev–Trinajstić information content (AvgIpc) is 3.18. The molecule has 21 heavy (non-hydrogen) atoms. The molecule has 1 unspecified atom stereocenters. The number of ether oxygens (including phenoxy) is 1. The van der Waals surface area contributed by atoms with Gasteiger partial charge in [0.05, 0.1) is 19.5 Å². The van der Waals surface area contributed by atoms with E-state index < -0.39 is 0 Å². The Morgan fingerprint density at radius 3 is 3.00 bits per heavy atom. The Morgan fingerprint density at radius 2 is 2.29 bits per heavy atom. The number of halogens is 1. The number of aliphatic imine (C=N–C) groups is 1. The van der Waals surface area contributed by atoms with Crippen molar-refractivity contribution in [3.63, 3.8) is 0 Å². The van der Waals surface area contributed by atoms with Gasteiger partial charge in [0.1, 0.15) is 5.76 Å². The fraction of sp³-hybridized carbons (Fsp3) is 0.667. The van der Waals surface area contributed by atoms with Crippen molar-refractivity contribution in [2.45, 2.75) is 19.3 Å². The average molecular weight is 297 g/mol. The summed E-state index contributed by atoms with van der Waals surface area (Å²) in [5.74, 6) is 2.17. The minimum Gasteiger partial charge on any atom is -0.469 e. The predicted octanol–water partition coefficient (Wildman–Crippen LogP) is 1.75. The second-order valence-corrected chi connectivity index (χ2v) is 5.14. The molecule has 1 saturated heterocycles. The molecule has 0 saturated carbocycles. The lowest BCUT2D eigenvalue weighted by Crippen LogP contribution is -2.39. The zero-order chi connectivity index (χ0) is 14.8. The molecule has 0 spiro atoms. The lowest BCUT2D eigenvalue weighted by atomic mass is 10.1. The fourth-order valence-corrected chi connectivity index (χ4v) is 2.15. The number of nitrogens with one attached hydrogen (secondary N) is 2. The molecule has 1 aromatic rings. The molecule has 1 atom stereocenters. The number of hydrogen-bond acceptors (Lipinski definition) is 3. The monoisotopic (exact) mass is 297 g/mol. The minimum absolute atomic E-state index is 0.316. The zero-order valence-electron chi connectivity index (χ0n) is 12.3. The summed E-state index contributed by atoms with van der Waals surface area (Å²) in [7, 11) is 0. The molecule has 0 amide bonds. The third-order valence-electron chi connectivity index (χ3n) is 3.38. The Kier molecular flexibility index (Phi) is 7.07. The number of nitrogens with zero attached hydrogens (tertiary/aromatic N) is 1. The van der Waals surface area contributed by atoms with Gasteiger partial charge in [-0.25, -0.2) is 0 Å². The fourth-order valence-electron chi connectivity index (χ4n) is 2.15. The van der Waals surface area contributed by atoms with Crippen molar-refractivity contribution < 1.29 is 13.5 Å². The molecular formula is C15H24FN3O2. The molecule has 0 radical (unpaired) electrons. The number of guanidine groups is 1. The Balaban J connectivity index is 1.74. The Bertz CT molecular complexity index is 403. The van der Waals surface area contributed by atoms with Gasteiger partial charge >= 0.3 is 0 Å². The van der Waals surface area contributed by atoms with E-state index in [-0.39, 0.29) is 6.67 Å². The lowest BCUT2D eigenvalue weighted by molar-refractivity contribution is 0.187. The highest BCUT2D eigenvalue weighted by molar-refractivity contribution is 5.79. The Hall–Kier alpha value is -1.56. The van der Waals surface area contributed by atoms with Crippen molar-refractivity contribution in [2.75, 3.05) is 39.5 Å². The van der Waals surface area contributed by atoms with E-state index in [0.717, 1.165) is 50.9 Å². The molecule has 2 rings (SSSR count). The third-order valence-corrected chi connectivity index (χ3v) is 3.38. The lowest BCUT2D eigenvalue weighted by Gasteiger charge is -2.12. The van der Waals surface area contributed by atoms with Gasteiger partial charge in [-0.3, -0.25) is 9.38 Å². The maximum atomic E-state index is 12.2. The van der Waals surface area contributed by atoms with Crippen LogP contribution in [0.1, 0.15) is 18.6 Å². The summed E-state index contributed by atoms with van der Waals surface area (Å²) in [5, 5.41) is 6.41. The minimum atomic E-state index is -0.316. The number of furan rings is 1. The zero-order valence-corrected chi connectivity index (χ0v) is 12.3. The molecule has 2 N–H and O–H groups in total. The van der Waals surface area contributed by atoms with Crippen LogP contribution >= 0.6 is 0 Å². The van der Waals surface area contributed by atoms with E-state index >= 15 is 0 Å². The van der Waals surface area contributed by atoms with Crippen LogP contribution in [-0.2, 0) is 11.2 Å². The summed E-state index contributed by atoms with van der Waals surface area (Å²) in [6, 6.07) is 3.83. The maximum absolute atomic E-state index is 12.2. The SMILES string of the molecule is FCCCNC(=NCC1CCOC1)NCCc1ccco1. The highest BCUT2D eigenvalue weighted by atomic mass is 19.1. The summed E-state index contributed by atoms with van der Waals surface area (Å²) in [6.07, 6.45) is 4.02. The first-order chi connectivity index (χ1) is 10.4. The second kappa shape index (κ2) is 9.39. The summed E-state index contributed by atoms with van der Waals surface area (Å²) in [4.78, 5) is 4.56. The summed E-state index contributed by atoms with van der Waals surface area (Å²) in [6.45, 7) is 3.36. The van der Waals surface area contributed by atoms with Gasteiger partial charge in [-0.05, 0) is 25.0 Å². The quantitative estimate of drug-likeness (QED) is 0.436. The van der Waals surface area contributed by atoms with Crippen LogP contribution in [0.4, 0.5) is 4.39 Å². The first-order valence-corrected chi connectivity index (χ1v) is 7.57. The van der Waals surface area contributed by atoms with Crippen LogP contribution in [0.5, 0.6) is 0 Å². The number of rotatable bonds is 8. The van der Waals surface area contributed by atoms with E-state index in [1.54, 1.807) is 6.26 Å². The molecular weight excluding hydrogens is 273 g/mol. The van der Waals surface area contributed by atoms with Gasteiger partial charge in [-0.2, -0.15) is 0 Å². The Morgan fingerprint density at radius 1 is 1.38 bits per heavy atom. The molecule has 1 aliphatic heterocycles. The van der Waals surface area contributed by atoms with Crippen molar-refractivity contribution in [2.24, 2.45) is 10.9 Å². The van der Waals surface area contributed by atoms with Gasteiger partial charge in [0.15, 0.2) is 5.96 Å². The first kappa shape index (κ1) is 15.8. The van der Waals surface area contributed by atoms with Gasteiger partial charge in [0, 0.05) is 38.6 Å². The van der Waals surface area contributed by atoms with Gasteiger partial charge < -0.3 is 19.8 Å². The molecule has 5 nitrogen and oxygen atoms in total. The number of alkyl halides is 1. The van der Waals surface area contributed by atoms with Gasteiger partial charge in [-0.1, -0.05) is 0 Å². The number of hydrogen-bond donors (Lipinski definition) is 2. The van der Waals surface area contributed by atoms with Gasteiger partial charge in [0.25, 0.3) is 0 Å². The maximum Gasteiger partial charge on any atom is 0.191 e. The van der Waals surface area contributed by atoms with Crippen LogP contribution in [0, 0.1) is 5.92 Å². The highest BCUT2D eigenvalue weighted by Crippen LogP contribution is 2.11. The van der Waals surface area contributed by atoms with Gasteiger partial charge in [0.2, 0.25) is 0 Å². The molecule has 0 bridgehead atoms. The Labute approximate surface area is 125 Å². The van der Waals surface area contributed by atoms with E-state index in [4.69, 9.17) is 9.15 Å². The molecule has 0 aliphatic carbocycles. The smallest absolute Gasteiger partial charge is 0.191 e. The highest BCUT2D eigenvalue weighted by Gasteiger charge is 2.15. The third kappa shape index (κ3) is 6.16. The standard InChI is InChI=1S/C15H24FN3O2/c16-6-2-7-17-15(19-11-13-5-10-20-12-13)18-8-4-14-3-1-9-21-14/h1,3,9,13H,2,4-8,10-12H2,(H2,17,18,19). The van der Waals surface area contributed by atoms with Crippen LogP contribution < -0.4 is 10.6 Å². The second-order valence-electron chi connectivity index (χ2n) is 5.14. The van der Waals surface area contributed by atoms with E-state index in [1.165, 1.54) is 0 Å². The summed E-state index contributed by atoms with van der Waals surface area (Å²) in [5.41, 5.74) is 0. The van der Waals surface area contributed by atoms with Crippen molar-refractivity contribution in [3.05, 3.63) is 24.2 Å². The molecule has 1 aliphatic rings. The van der Waals surface area contributed by atoms with E-state index in [9.17, 15) is 4.39 Å².